The largest absolute Gasteiger partial charge is 0.398 e. The lowest BCUT2D eigenvalue weighted by Crippen LogP contribution is -2.43. The first kappa shape index (κ1) is 15.8. The number of anilines is 1. The highest BCUT2D eigenvalue weighted by molar-refractivity contribution is 5.78. The summed E-state index contributed by atoms with van der Waals surface area (Å²) in [5, 5.41) is 0. The van der Waals surface area contributed by atoms with Crippen molar-refractivity contribution < 1.29 is 4.79 Å². The zero-order valence-electron chi connectivity index (χ0n) is 13.3. The summed E-state index contributed by atoms with van der Waals surface area (Å²) in [7, 11) is 0. The lowest BCUT2D eigenvalue weighted by Gasteiger charge is -2.31. The summed E-state index contributed by atoms with van der Waals surface area (Å²) in [6.07, 6.45) is 3.01. The van der Waals surface area contributed by atoms with Gasteiger partial charge in [0.2, 0.25) is 5.91 Å². The van der Waals surface area contributed by atoms with Gasteiger partial charge in [0.1, 0.15) is 0 Å². The smallest absolute Gasteiger partial charge is 0.236 e. The van der Waals surface area contributed by atoms with Crippen LogP contribution in [0.5, 0.6) is 0 Å². The van der Waals surface area contributed by atoms with Gasteiger partial charge in [-0.25, -0.2) is 0 Å². The van der Waals surface area contributed by atoms with Crippen molar-refractivity contribution in [2.45, 2.75) is 39.7 Å². The molecule has 0 unspecified atom stereocenters. The number of hydrogen-bond donors (Lipinski definition) is 1. The van der Waals surface area contributed by atoms with Crippen LogP contribution in [0.3, 0.4) is 0 Å². The van der Waals surface area contributed by atoms with E-state index in [1.54, 1.807) is 0 Å². The highest BCUT2D eigenvalue weighted by Gasteiger charge is 2.21. The topological polar surface area (TPSA) is 49.6 Å². The van der Waals surface area contributed by atoms with Crippen molar-refractivity contribution in [2.75, 3.05) is 31.9 Å². The van der Waals surface area contributed by atoms with E-state index in [-0.39, 0.29) is 5.91 Å². The van der Waals surface area contributed by atoms with E-state index in [1.807, 2.05) is 17.0 Å². The van der Waals surface area contributed by atoms with Gasteiger partial charge in [-0.15, -0.1) is 0 Å². The molecule has 0 spiro atoms. The molecule has 116 valence electrons. The summed E-state index contributed by atoms with van der Waals surface area (Å²) in [5.74, 6) is 0.247. The Hall–Kier alpha value is -1.55. The van der Waals surface area contributed by atoms with Crippen molar-refractivity contribution in [3.8, 4) is 0 Å². The number of benzene rings is 1. The third kappa shape index (κ3) is 3.97. The Balaban J connectivity index is 1.98. The fourth-order valence-electron chi connectivity index (χ4n) is 2.99. The zero-order chi connectivity index (χ0) is 15.2. The van der Waals surface area contributed by atoms with Crippen LogP contribution < -0.4 is 5.73 Å². The molecule has 1 amide bonds. The van der Waals surface area contributed by atoms with Crippen molar-refractivity contribution in [3.05, 3.63) is 29.3 Å². The molecule has 0 saturated carbocycles. The van der Waals surface area contributed by atoms with Gasteiger partial charge in [0, 0.05) is 31.9 Å². The van der Waals surface area contributed by atoms with Gasteiger partial charge in [-0.3, -0.25) is 9.69 Å². The zero-order valence-corrected chi connectivity index (χ0v) is 13.3. The fraction of sp³-hybridized carbons (Fsp3) is 0.588. The van der Waals surface area contributed by atoms with Crippen LogP contribution in [0.25, 0.3) is 0 Å². The van der Waals surface area contributed by atoms with E-state index in [0.29, 0.717) is 6.54 Å². The van der Waals surface area contributed by atoms with Crippen molar-refractivity contribution in [1.82, 2.24) is 9.80 Å². The molecule has 1 heterocycles. The molecular weight excluding hydrogens is 262 g/mol. The second-order valence-corrected chi connectivity index (χ2v) is 5.83. The van der Waals surface area contributed by atoms with Gasteiger partial charge in [-0.1, -0.05) is 26.0 Å². The number of nitrogen functional groups attached to an aromatic ring is 1. The van der Waals surface area contributed by atoms with Gasteiger partial charge in [0.15, 0.2) is 0 Å². The second kappa shape index (κ2) is 7.46. The van der Waals surface area contributed by atoms with Gasteiger partial charge < -0.3 is 10.6 Å². The average Bonchev–Trinajstić information content (AvgIpc) is 2.48. The maximum Gasteiger partial charge on any atom is 0.236 e. The molecular formula is C17H27N3O. The number of rotatable bonds is 6. The highest BCUT2D eigenvalue weighted by atomic mass is 16.2. The van der Waals surface area contributed by atoms with Gasteiger partial charge in [0.05, 0.1) is 6.54 Å². The normalized spacial score (nSPS) is 14.8. The molecule has 0 fully saturated rings. The molecule has 2 N–H and O–H groups in total. The van der Waals surface area contributed by atoms with Crippen LogP contribution in [0.15, 0.2) is 18.2 Å². The molecule has 0 aliphatic carbocycles. The standard InChI is InChI=1S/C17H27N3O/c1-3-9-20(10-4-2)17(21)13-19-11-8-14-6-5-7-16(18)15(14)12-19/h5-7H,3-4,8-13,18H2,1-2H3. The lowest BCUT2D eigenvalue weighted by molar-refractivity contribution is -0.132. The Morgan fingerprint density at radius 1 is 1.29 bits per heavy atom. The Kier molecular flexibility index (Phi) is 5.62. The third-order valence-electron chi connectivity index (χ3n) is 4.09. The van der Waals surface area contributed by atoms with E-state index in [0.717, 1.165) is 51.1 Å². The van der Waals surface area contributed by atoms with E-state index in [2.05, 4.69) is 24.8 Å². The van der Waals surface area contributed by atoms with Crippen LogP contribution in [0.2, 0.25) is 0 Å². The number of hydrogen-bond acceptors (Lipinski definition) is 3. The van der Waals surface area contributed by atoms with Crippen LogP contribution in [0.4, 0.5) is 5.69 Å². The minimum atomic E-state index is 0.247. The first-order chi connectivity index (χ1) is 10.2. The summed E-state index contributed by atoms with van der Waals surface area (Å²) in [5.41, 5.74) is 9.45. The van der Waals surface area contributed by atoms with Crippen LogP contribution in [-0.4, -0.2) is 41.9 Å². The summed E-state index contributed by atoms with van der Waals surface area (Å²) >= 11 is 0. The SMILES string of the molecule is CCCN(CCC)C(=O)CN1CCc2cccc(N)c2C1. The molecule has 21 heavy (non-hydrogen) atoms. The lowest BCUT2D eigenvalue weighted by atomic mass is 9.98. The maximum absolute atomic E-state index is 12.4. The van der Waals surface area contributed by atoms with Crippen molar-refractivity contribution in [1.29, 1.82) is 0 Å². The van der Waals surface area contributed by atoms with Crippen LogP contribution in [0.1, 0.15) is 37.8 Å². The summed E-state index contributed by atoms with van der Waals surface area (Å²) in [6.45, 7) is 8.20. The molecule has 4 nitrogen and oxygen atoms in total. The molecule has 1 aliphatic heterocycles. The van der Waals surface area contributed by atoms with Gasteiger partial charge in [-0.05, 0) is 36.5 Å². The van der Waals surface area contributed by atoms with E-state index in [1.165, 1.54) is 11.1 Å². The molecule has 1 aromatic rings. The predicted molar refractivity (Wildman–Crippen MR) is 87.0 cm³/mol. The summed E-state index contributed by atoms with van der Waals surface area (Å²) in [6, 6.07) is 6.11. The van der Waals surface area contributed by atoms with E-state index in [9.17, 15) is 4.79 Å². The van der Waals surface area contributed by atoms with Gasteiger partial charge in [0.25, 0.3) is 0 Å². The van der Waals surface area contributed by atoms with Crippen LogP contribution in [0, 0.1) is 0 Å². The quantitative estimate of drug-likeness (QED) is 0.817. The van der Waals surface area contributed by atoms with Gasteiger partial charge >= 0.3 is 0 Å². The van der Waals surface area contributed by atoms with Gasteiger partial charge in [-0.2, -0.15) is 0 Å². The first-order valence-electron chi connectivity index (χ1n) is 8.02. The van der Waals surface area contributed by atoms with Crippen LogP contribution >= 0.6 is 0 Å². The Morgan fingerprint density at radius 3 is 2.67 bits per heavy atom. The molecule has 1 aliphatic rings. The van der Waals surface area contributed by atoms with Crippen molar-refractivity contribution in [3.63, 3.8) is 0 Å². The Labute approximate surface area is 127 Å². The number of fused-ring (bicyclic) bond motifs is 1. The first-order valence-corrected chi connectivity index (χ1v) is 8.02. The van der Waals surface area contributed by atoms with Crippen molar-refractivity contribution >= 4 is 11.6 Å². The molecule has 0 aromatic heterocycles. The molecule has 0 atom stereocenters. The summed E-state index contributed by atoms with van der Waals surface area (Å²) in [4.78, 5) is 16.7. The van der Waals surface area contributed by atoms with E-state index in [4.69, 9.17) is 5.73 Å². The average molecular weight is 289 g/mol. The molecule has 0 saturated heterocycles. The number of nitrogens with two attached hydrogens (primary N) is 1. The van der Waals surface area contributed by atoms with Crippen molar-refractivity contribution in [2.24, 2.45) is 0 Å². The highest BCUT2D eigenvalue weighted by Crippen LogP contribution is 2.24. The van der Waals surface area contributed by atoms with Crippen LogP contribution in [-0.2, 0) is 17.8 Å². The minimum Gasteiger partial charge on any atom is -0.398 e. The molecule has 0 radical (unpaired) electrons. The molecule has 4 heteroatoms. The number of carbonyl (C=O) groups is 1. The Morgan fingerprint density at radius 2 is 2.00 bits per heavy atom. The minimum absolute atomic E-state index is 0.247. The molecule has 1 aromatic carbocycles. The van der Waals surface area contributed by atoms with E-state index >= 15 is 0 Å². The Bertz CT molecular complexity index is 481. The number of carbonyl (C=O) groups excluding carboxylic acids is 1. The molecule has 2 rings (SSSR count). The number of nitrogens with zero attached hydrogens (tertiary/aromatic N) is 2. The summed E-state index contributed by atoms with van der Waals surface area (Å²) < 4.78 is 0. The second-order valence-electron chi connectivity index (χ2n) is 5.83. The third-order valence-corrected chi connectivity index (χ3v) is 4.09. The predicted octanol–water partition coefficient (Wildman–Crippen LogP) is 2.28. The maximum atomic E-state index is 12.4. The molecule has 0 bridgehead atoms. The monoisotopic (exact) mass is 289 g/mol. The van der Waals surface area contributed by atoms with E-state index < -0.39 is 0 Å². The fourth-order valence-corrected chi connectivity index (χ4v) is 2.99. The number of amides is 1.